The number of aliphatic hydroxyl groups is 1. The van der Waals surface area contributed by atoms with E-state index in [-0.39, 0.29) is 12.5 Å². The third kappa shape index (κ3) is 3.61. The van der Waals surface area contributed by atoms with Gasteiger partial charge in [-0.2, -0.15) is 0 Å². The zero-order chi connectivity index (χ0) is 14.0. The van der Waals surface area contributed by atoms with Gasteiger partial charge in [0.2, 0.25) is 0 Å². The predicted octanol–water partition coefficient (Wildman–Crippen LogP) is 2.67. The first-order chi connectivity index (χ1) is 8.91. The first-order valence-electron chi connectivity index (χ1n) is 5.92. The highest BCUT2D eigenvalue weighted by Crippen LogP contribution is 2.32. The smallest absolute Gasteiger partial charge is 0.256 e. The van der Waals surface area contributed by atoms with E-state index in [1.54, 1.807) is 13.1 Å². The van der Waals surface area contributed by atoms with Crippen LogP contribution < -0.4 is 0 Å². The molecule has 2 rings (SSSR count). The van der Waals surface area contributed by atoms with Gasteiger partial charge in [0.05, 0.1) is 15.5 Å². The molecule has 0 aliphatic carbocycles. The molecule has 1 amide bonds. The summed E-state index contributed by atoms with van der Waals surface area (Å²) in [4.78, 5) is 13.7. The van der Waals surface area contributed by atoms with Gasteiger partial charge >= 0.3 is 0 Å². The van der Waals surface area contributed by atoms with Crippen molar-refractivity contribution in [1.29, 1.82) is 0 Å². The topological polar surface area (TPSA) is 49.8 Å². The van der Waals surface area contributed by atoms with Gasteiger partial charge in [-0.1, -0.05) is 23.2 Å². The van der Waals surface area contributed by atoms with E-state index in [9.17, 15) is 9.90 Å². The second-order valence-electron chi connectivity index (χ2n) is 4.74. The van der Waals surface area contributed by atoms with Crippen LogP contribution in [0.1, 0.15) is 23.2 Å². The molecule has 0 bridgehead atoms. The summed E-state index contributed by atoms with van der Waals surface area (Å²) in [6, 6.07) is 1.56. The SMILES string of the molecule is CN(CC1(O)CCOCC1)C(=O)c1cc(Cl)sc1Cl. The molecule has 1 aliphatic heterocycles. The Kier molecular flexibility index (Phi) is 4.74. The van der Waals surface area contributed by atoms with E-state index >= 15 is 0 Å². The number of carbonyl (C=O) groups excluding carboxylic acids is 1. The summed E-state index contributed by atoms with van der Waals surface area (Å²) in [5, 5.41) is 10.4. The highest BCUT2D eigenvalue weighted by atomic mass is 35.5. The van der Waals surface area contributed by atoms with Crippen molar-refractivity contribution in [2.45, 2.75) is 18.4 Å². The molecule has 7 heteroatoms. The molecule has 0 radical (unpaired) electrons. The van der Waals surface area contributed by atoms with Crippen molar-refractivity contribution in [3.8, 4) is 0 Å². The average molecular weight is 324 g/mol. The first-order valence-corrected chi connectivity index (χ1v) is 7.49. The number of ether oxygens (including phenoxy) is 1. The molecular formula is C12H15Cl2NO3S. The van der Waals surface area contributed by atoms with Crippen LogP contribution in [0, 0.1) is 0 Å². The molecule has 4 nitrogen and oxygen atoms in total. The average Bonchev–Trinajstić information content (AvgIpc) is 2.67. The van der Waals surface area contributed by atoms with E-state index in [0.717, 1.165) is 11.3 Å². The van der Waals surface area contributed by atoms with Gasteiger partial charge in [0, 0.05) is 39.6 Å². The quantitative estimate of drug-likeness (QED) is 0.930. The van der Waals surface area contributed by atoms with Crippen LogP contribution in [0.5, 0.6) is 0 Å². The highest BCUT2D eigenvalue weighted by Gasteiger charge is 2.33. The summed E-state index contributed by atoms with van der Waals surface area (Å²) >= 11 is 13.0. The fourth-order valence-corrected chi connectivity index (χ4v) is 3.56. The first kappa shape index (κ1) is 15.1. The van der Waals surface area contributed by atoms with Gasteiger partial charge in [-0.3, -0.25) is 4.79 Å². The number of thiophene rings is 1. The van der Waals surface area contributed by atoms with E-state index in [2.05, 4.69) is 0 Å². The lowest BCUT2D eigenvalue weighted by atomic mass is 9.94. The van der Waals surface area contributed by atoms with Crippen LogP contribution in [0.2, 0.25) is 8.67 Å². The van der Waals surface area contributed by atoms with Gasteiger partial charge < -0.3 is 14.7 Å². The molecule has 106 valence electrons. The normalized spacial score (nSPS) is 18.3. The Morgan fingerprint density at radius 1 is 1.53 bits per heavy atom. The molecule has 0 saturated carbocycles. The van der Waals surface area contributed by atoms with E-state index in [4.69, 9.17) is 27.9 Å². The Morgan fingerprint density at radius 3 is 2.68 bits per heavy atom. The van der Waals surface area contributed by atoms with Crippen LogP contribution in [-0.2, 0) is 4.74 Å². The van der Waals surface area contributed by atoms with E-state index in [0.29, 0.717) is 40.3 Å². The Labute approximate surface area is 125 Å². The number of rotatable bonds is 3. The fourth-order valence-electron chi connectivity index (χ4n) is 2.11. The molecular weight excluding hydrogens is 309 g/mol. The van der Waals surface area contributed by atoms with Crippen molar-refractivity contribution in [1.82, 2.24) is 4.90 Å². The van der Waals surface area contributed by atoms with Gasteiger partial charge in [-0.05, 0) is 6.07 Å². The van der Waals surface area contributed by atoms with Crippen LogP contribution in [0.15, 0.2) is 6.07 Å². The number of halogens is 2. The number of hydrogen-bond acceptors (Lipinski definition) is 4. The summed E-state index contributed by atoms with van der Waals surface area (Å²) in [5.41, 5.74) is -0.496. The molecule has 0 unspecified atom stereocenters. The van der Waals surface area contributed by atoms with Gasteiger partial charge in [0.15, 0.2) is 0 Å². The third-order valence-electron chi connectivity index (χ3n) is 3.19. The fraction of sp³-hybridized carbons (Fsp3) is 0.583. The largest absolute Gasteiger partial charge is 0.388 e. The Morgan fingerprint density at radius 2 is 2.16 bits per heavy atom. The van der Waals surface area contributed by atoms with Gasteiger partial charge in [-0.15, -0.1) is 11.3 Å². The van der Waals surface area contributed by atoms with Crippen molar-refractivity contribution in [2.24, 2.45) is 0 Å². The molecule has 2 heterocycles. The predicted molar refractivity (Wildman–Crippen MR) is 76.3 cm³/mol. The molecule has 0 spiro atoms. The lowest BCUT2D eigenvalue weighted by Gasteiger charge is -2.35. The van der Waals surface area contributed by atoms with Crippen LogP contribution in [0.4, 0.5) is 0 Å². The van der Waals surface area contributed by atoms with Gasteiger partial charge in [0.1, 0.15) is 4.34 Å². The maximum Gasteiger partial charge on any atom is 0.256 e. The summed E-state index contributed by atoms with van der Waals surface area (Å²) in [5.74, 6) is -0.229. The third-order valence-corrected chi connectivity index (χ3v) is 4.68. The Balaban J connectivity index is 2.05. The van der Waals surface area contributed by atoms with E-state index < -0.39 is 5.60 Å². The number of likely N-dealkylation sites (N-methyl/N-ethyl adjacent to an activating group) is 1. The summed E-state index contributed by atoms with van der Waals surface area (Å²) in [6.45, 7) is 1.30. The van der Waals surface area contributed by atoms with E-state index in [1.165, 1.54) is 4.90 Å². The summed E-state index contributed by atoms with van der Waals surface area (Å²) in [7, 11) is 1.65. The minimum atomic E-state index is -0.880. The van der Waals surface area contributed by atoms with Gasteiger partial charge in [-0.25, -0.2) is 0 Å². The lowest BCUT2D eigenvalue weighted by Crippen LogP contribution is -2.47. The minimum Gasteiger partial charge on any atom is -0.388 e. The zero-order valence-corrected chi connectivity index (χ0v) is 12.8. The number of hydrogen-bond donors (Lipinski definition) is 1. The molecule has 1 saturated heterocycles. The van der Waals surface area contributed by atoms with Crippen LogP contribution in [0.3, 0.4) is 0 Å². The van der Waals surface area contributed by atoms with Crippen LogP contribution in [0.25, 0.3) is 0 Å². The second kappa shape index (κ2) is 5.97. The van der Waals surface area contributed by atoms with E-state index in [1.807, 2.05) is 0 Å². The van der Waals surface area contributed by atoms with Crippen molar-refractivity contribution < 1.29 is 14.6 Å². The minimum absolute atomic E-state index is 0.229. The number of nitrogens with zero attached hydrogens (tertiary/aromatic N) is 1. The van der Waals surface area contributed by atoms with Crippen molar-refractivity contribution in [3.63, 3.8) is 0 Å². The lowest BCUT2D eigenvalue weighted by molar-refractivity contribution is -0.0734. The molecule has 19 heavy (non-hydrogen) atoms. The van der Waals surface area contributed by atoms with Gasteiger partial charge in [0.25, 0.3) is 5.91 Å². The number of carbonyl (C=O) groups is 1. The van der Waals surface area contributed by atoms with Crippen molar-refractivity contribution >= 4 is 40.4 Å². The van der Waals surface area contributed by atoms with Crippen molar-refractivity contribution in [3.05, 3.63) is 20.3 Å². The maximum absolute atomic E-state index is 12.2. The molecule has 1 aromatic heterocycles. The molecule has 1 aliphatic rings. The highest BCUT2D eigenvalue weighted by molar-refractivity contribution is 7.20. The summed E-state index contributed by atoms with van der Waals surface area (Å²) in [6.07, 6.45) is 1.06. The molecule has 0 atom stereocenters. The zero-order valence-electron chi connectivity index (χ0n) is 10.5. The molecule has 1 N–H and O–H groups in total. The molecule has 1 aromatic rings. The standard InChI is InChI=1S/C12H15Cl2NO3S/c1-15(7-12(17)2-4-18-5-3-12)11(16)8-6-9(13)19-10(8)14/h6,17H,2-5,7H2,1H3. The maximum atomic E-state index is 12.2. The second-order valence-corrected chi connectivity index (χ2v) is 7.02. The van der Waals surface area contributed by atoms with Crippen LogP contribution in [-0.4, -0.2) is 48.3 Å². The molecule has 1 fully saturated rings. The Hall–Kier alpha value is -0.330. The Bertz CT molecular complexity index is 472. The van der Waals surface area contributed by atoms with Crippen LogP contribution >= 0.6 is 34.5 Å². The van der Waals surface area contributed by atoms with Crippen molar-refractivity contribution in [2.75, 3.05) is 26.8 Å². The monoisotopic (exact) mass is 323 g/mol. The number of amides is 1. The molecule has 0 aromatic carbocycles. The summed E-state index contributed by atoms with van der Waals surface area (Å²) < 4.78 is 6.07.